The highest BCUT2D eigenvalue weighted by atomic mass is 32.2. The van der Waals surface area contributed by atoms with Crippen molar-refractivity contribution in [1.29, 1.82) is 0 Å². The highest BCUT2D eigenvalue weighted by Gasteiger charge is 2.29. The van der Waals surface area contributed by atoms with E-state index in [1.807, 2.05) is 33.0 Å². The monoisotopic (exact) mass is 386 g/mol. The van der Waals surface area contributed by atoms with Crippen LogP contribution >= 0.6 is 0 Å². The summed E-state index contributed by atoms with van der Waals surface area (Å²) >= 11 is 0. The Labute approximate surface area is 161 Å². The lowest BCUT2D eigenvalue weighted by Gasteiger charge is -2.25. The fourth-order valence-corrected chi connectivity index (χ4v) is 4.63. The summed E-state index contributed by atoms with van der Waals surface area (Å²) in [7, 11) is -1.74. The first-order valence-electron chi connectivity index (χ1n) is 9.24. The summed E-state index contributed by atoms with van der Waals surface area (Å²) < 4.78 is 27.2. The highest BCUT2D eigenvalue weighted by molar-refractivity contribution is 7.89. The zero-order valence-electron chi connectivity index (χ0n) is 16.0. The van der Waals surface area contributed by atoms with Crippen LogP contribution in [0.25, 0.3) is 0 Å². The summed E-state index contributed by atoms with van der Waals surface area (Å²) in [6, 6.07) is 14.4. The Hall–Kier alpha value is -2.18. The molecule has 3 rings (SSSR count). The number of hydrogen-bond donors (Lipinski definition) is 1. The smallest absolute Gasteiger partial charge is 0.254 e. The zero-order chi connectivity index (χ0) is 19.6. The average molecular weight is 387 g/mol. The maximum Gasteiger partial charge on any atom is 0.254 e. The third-order valence-electron chi connectivity index (χ3n) is 4.98. The number of benzene rings is 2. The molecule has 0 bridgehead atoms. The summed E-state index contributed by atoms with van der Waals surface area (Å²) in [5.41, 5.74) is 2.98. The molecule has 144 valence electrons. The van der Waals surface area contributed by atoms with E-state index < -0.39 is 10.0 Å². The molecule has 1 N–H and O–H groups in total. The quantitative estimate of drug-likeness (QED) is 0.828. The number of carbonyl (C=O) groups excluding carboxylic acids is 1. The number of fused-ring (bicyclic) bond motifs is 1. The van der Waals surface area contributed by atoms with Crippen molar-refractivity contribution in [3.05, 3.63) is 65.2 Å². The first-order valence-corrected chi connectivity index (χ1v) is 10.7. The van der Waals surface area contributed by atoms with Gasteiger partial charge in [-0.1, -0.05) is 38.1 Å². The Balaban J connectivity index is 1.74. The third kappa shape index (κ3) is 4.22. The standard InChI is InChI=1S/C21H26N2O3S/c1-15(2)14-22-27(25,26)18-11-8-17(9-12-18)21(24)23(3)20-13-10-16-6-4-5-7-19(16)20/h4-9,11-12,15,20,22H,10,13-14H2,1-3H3. The Bertz CT molecular complexity index is 921. The number of amides is 1. The molecule has 1 amide bonds. The second-order valence-electron chi connectivity index (χ2n) is 7.44. The number of nitrogens with one attached hydrogen (secondary N) is 1. The first-order chi connectivity index (χ1) is 12.8. The lowest BCUT2D eigenvalue weighted by Crippen LogP contribution is -2.30. The Morgan fingerprint density at radius 1 is 1.15 bits per heavy atom. The van der Waals surface area contributed by atoms with E-state index in [1.54, 1.807) is 17.0 Å². The van der Waals surface area contributed by atoms with Crippen LogP contribution in [0.5, 0.6) is 0 Å². The van der Waals surface area contributed by atoms with Gasteiger partial charge < -0.3 is 4.90 Å². The molecule has 5 nitrogen and oxygen atoms in total. The molecule has 0 heterocycles. The summed E-state index contributed by atoms with van der Waals surface area (Å²) in [6.45, 7) is 4.27. The van der Waals surface area contributed by atoms with Gasteiger partial charge in [-0.15, -0.1) is 0 Å². The highest BCUT2D eigenvalue weighted by Crippen LogP contribution is 2.35. The van der Waals surface area contributed by atoms with E-state index >= 15 is 0 Å². The van der Waals surface area contributed by atoms with E-state index in [1.165, 1.54) is 23.3 Å². The molecule has 1 aliphatic carbocycles. The van der Waals surface area contributed by atoms with Crippen LogP contribution in [0.3, 0.4) is 0 Å². The molecule has 0 fully saturated rings. The van der Waals surface area contributed by atoms with Gasteiger partial charge in [-0.05, 0) is 54.2 Å². The van der Waals surface area contributed by atoms with Crippen molar-refractivity contribution in [1.82, 2.24) is 9.62 Å². The van der Waals surface area contributed by atoms with Gasteiger partial charge in [0.1, 0.15) is 0 Å². The molecule has 6 heteroatoms. The van der Waals surface area contributed by atoms with E-state index in [0.717, 1.165) is 12.8 Å². The van der Waals surface area contributed by atoms with Gasteiger partial charge in [-0.25, -0.2) is 13.1 Å². The second kappa shape index (κ2) is 7.82. The molecule has 0 saturated heterocycles. The van der Waals surface area contributed by atoms with Crippen LogP contribution in [0.2, 0.25) is 0 Å². The number of aryl methyl sites for hydroxylation is 1. The van der Waals surface area contributed by atoms with Gasteiger partial charge in [0.15, 0.2) is 0 Å². The molecule has 0 saturated carbocycles. The Morgan fingerprint density at radius 3 is 2.48 bits per heavy atom. The van der Waals surface area contributed by atoms with Crippen molar-refractivity contribution >= 4 is 15.9 Å². The predicted octanol–water partition coefficient (Wildman–Crippen LogP) is 3.38. The minimum absolute atomic E-state index is 0.0600. The molecule has 0 radical (unpaired) electrons. The van der Waals surface area contributed by atoms with E-state index in [2.05, 4.69) is 16.9 Å². The minimum Gasteiger partial charge on any atom is -0.335 e. The molecule has 2 aromatic carbocycles. The molecule has 0 aliphatic heterocycles. The minimum atomic E-state index is -3.55. The van der Waals surface area contributed by atoms with E-state index in [4.69, 9.17) is 0 Å². The van der Waals surface area contributed by atoms with E-state index in [-0.39, 0.29) is 22.8 Å². The normalized spacial score (nSPS) is 16.4. The van der Waals surface area contributed by atoms with Gasteiger partial charge in [-0.2, -0.15) is 0 Å². The van der Waals surface area contributed by atoms with Crippen molar-refractivity contribution in [2.45, 2.75) is 37.6 Å². The maximum absolute atomic E-state index is 12.9. The summed E-state index contributed by atoms with van der Waals surface area (Å²) in [5.74, 6) is 0.124. The number of hydrogen-bond acceptors (Lipinski definition) is 3. The van der Waals surface area contributed by atoms with Crippen LogP contribution < -0.4 is 4.72 Å². The maximum atomic E-state index is 12.9. The lowest BCUT2D eigenvalue weighted by atomic mass is 10.1. The van der Waals surface area contributed by atoms with Crippen LogP contribution in [0.1, 0.15) is 47.8 Å². The molecule has 0 aromatic heterocycles. The molecular weight excluding hydrogens is 360 g/mol. The molecule has 1 atom stereocenters. The molecule has 27 heavy (non-hydrogen) atoms. The van der Waals surface area contributed by atoms with Crippen molar-refractivity contribution in [2.24, 2.45) is 5.92 Å². The summed E-state index contributed by atoms with van der Waals surface area (Å²) in [4.78, 5) is 14.8. The first kappa shape index (κ1) is 19.6. The van der Waals surface area contributed by atoms with Gasteiger partial charge in [0.25, 0.3) is 5.91 Å². The largest absolute Gasteiger partial charge is 0.335 e. The summed E-state index contributed by atoms with van der Waals surface area (Å²) in [5, 5.41) is 0. The van der Waals surface area contributed by atoms with Crippen molar-refractivity contribution < 1.29 is 13.2 Å². The topological polar surface area (TPSA) is 66.5 Å². The van der Waals surface area contributed by atoms with Crippen molar-refractivity contribution in [3.63, 3.8) is 0 Å². The van der Waals surface area contributed by atoms with Crippen molar-refractivity contribution in [3.8, 4) is 0 Å². The second-order valence-corrected chi connectivity index (χ2v) is 9.21. The zero-order valence-corrected chi connectivity index (χ0v) is 16.8. The molecule has 1 unspecified atom stereocenters. The van der Waals surface area contributed by atoms with Crippen LogP contribution in [-0.4, -0.2) is 32.8 Å². The predicted molar refractivity (Wildman–Crippen MR) is 106 cm³/mol. The van der Waals surface area contributed by atoms with E-state index in [9.17, 15) is 13.2 Å². The number of nitrogens with zero attached hydrogens (tertiary/aromatic N) is 1. The molecular formula is C21H26N2O3S. The van der Waals surface area contributed by atoms with Crippen LogP contribution in [0, 0.1) is 5.92 Å². The number of carbonyl (C=O) groups is 1. The average Bonchev–Trinajstić information content (AvgIpc) is 3.09. The fraction of sp³-hybridized carbons (Fsp3) is 0.381. The molecule has 2 aromatic rings. The van der Waals surface area contributed by atoms with Crippen LogP contribution in [0.4, 0.5) is 0 Å². The van der Waals surface area contributed by atoms with Gasteiger partial charge in [0.05, 0.1) is 10.9 Å². The van der Waals surface area contributed by atoms with Crippen LogP contribution in [0.15, 0.2) is 53.4 Å². The van der Waals surface area contributed by atoms with Gasteiger partial charge in [-0.3, -0.25) is 4.79 Å². The lowest BCUT2D eigenvalue weighted by molar-refractivity contribution is 0.0730. The Kier molecular flexibility index (Phi) is 5.67. The number of rotatable bonds is 6. The number of sulfonamides is 1. The SMILES string of the molecule is CC(C)CNS(=O)(=O)c1ccc(C(=O)N(C)C2CCc3ccccc32)cc1. The van der Waals surface area contributed by atoms with Crippen molar-refractivity contribution in [2.75, 3.05) is 13.6 Å². The fourth-order valence-electron chi connectivity index (χ4n) is 3.42. The van der Waals surface area contributed by atoms with Crippen LogP contribution in [-0.2, 0) is 16.4 Å². The van der Waals surface area contributed by atoms with Gasteiger partial charge >= 0.3 is 0 Å². The summed E-state index contributed by atoms with van der Waals surface area (Å²) in [6.07, 6.45) is 1.88. The van der Waals surface area contributed by atoms with Gasteiger partial charge in [0.2, 0.25) is 10.0 Å². The third-order valence-corrected chi connectivity index (χ3v) is 6.42. The Morgan fingerprint density at radius 2 is 1.81 bits per heavy atom. The van der Waals surface area contributed by atoms with Gasteiger partial charge in [0, 0.05) is 19.2 Å². The molecule has 1 aliphatic rings. The van der Waals surface area contributed by atoms with E-state index in [0.29, 0.717) is 12.1 Å². The molecule has 0 spiro atoms.